The van der Waals surface area contributed by atoms with E-state index in [2.05, 4.69) is 69.0 Å². The highest BCUT2D eigenvalue weighted by Crippen LogP contribution is 2.35. The summed E-state index contributed by atoms with van der Waals surface area (Å²) >= 11 is 0. The number of rotatable bonds is 9. The van der Waals surface area contributed by atoms with Gasteiger partial charge in [-0.15, -0.1) is 0 Å². The Kier molecular flexibility index (Phi) is 6.81. The van der Waals surface area contributed by atoms with Crippen LogP contribution in [-0.2, 0) is 6.42 Å². The fraction of sp³-hybridized carbons (Fsp3) is 0.435. The van der Waals surface area contributed by atoms with Crippen molar-refractivity contribution in [2.45, 2.75) is 47.0 Å². The number of carbonyl (C=O) groups is 1. The zero-order valence-electron chi connectivity index (χ0n) is 16.1. The lowest BCUT2D eigenvalue weighted by Gasteiger charge is -2.31. The van der Waals surface area contributed by atoms with E-state index in [-0.39, 0.29) is 11.2 Å². The predicted octanol–water partition coefficient (Wildman–Crippen LogP) is 5.76. The maximum atomic E-state index is 13.3. The van der Waals surface area contributed by atoms with Gasteiger partial charge in [0.25, 0.3) is 0 Å². The monoisotopic (exact) mass is 337 g/mol. The molecule has 2 aromatic rings. The third-order valence-electron chi connectivity index (χ3n) is 5.48. The number of benzene rings is 2. The van der Waals surface area contributed by atoms with E-state index in [1.54, 1.807) is 0 Å². The SMILES string of the molecule is CCN(CC)c1ccc(C(=O)C(CC)(CC)Cc2ccccc2)cc1. The van der Waals surface area contributed by atoms with E-state index in [1.807, 2.05) is 18.2 Å². The summed E-state index contributed by atoms with van der Waals surface area (Å²) in [6, 6.07) is 18.5. The lowest BCUT2D eigenvalue weighted by atomic mass is 9.71. The third kappa shape index (κ3) is 4.31. The number of anilines is 1. The molecule has 0 aliphatic rings. The van der Waals surface area contributed by atoms with Crippen LogP contribution >= 0.6 is 0 Å². The molecule has 0 atom stereocenters. The summed E-state index contributed by atoms with van der Waals surface area (Å²) in [4.78, 5) is 15.6. The summed E-state index contributed by atoms with van der Waals surface area (Å²) in [5, 5.41) is 0. The number of Topliss-reactive ketones (excluding diaryl/α,β-unsaturated/α-hetero) is 1. The quantitative estimate of drug-likeness (QED) is 0.542. The van der Waals surface area contributed by atoms with Crippen LogP contribution in [-0.4, -0.2) is 18.9 Å². The Morgan fingerprint density at radius 2 is 1.40 bits per heavy atom. The van der Waals surface area contributed by atoms with Crippen molar-refractivity contribution in [1.29, 1.82) is 0 Å². The number of carbonyl (C=O) groups excluding carboxylic acids is 1. The maximum Gasteiger partial charge on any atom is 0.169 e. The van der Waals surface area contributed by atoms with Crippen molar-refractivity contribution >= 4 is 11.5 Å². The smallest absolute Gasteiger partial charge is 0.169 e. The lowest BCUT2D eigenvalue weighted by molar-refractivity contribution is 0.0773. The predicted molar refractivity (Wildman–Crippen MR) is 107 cm³/mol. The first kappa shape index (κ1) is 19.2. The van der Waals surface area contributed by atoms with Crippen LogP contribution < -0.4 is 4.90 Å². The van der Waals surface area contributed by atoms with Crippen LogP contribution in [0, 0.1) is 5.41 Å². The Morgan fingerprint density at radius 1 is 0.840 bits per heavy atom. The number of ketones is 1. The van der Waals surface area contributed by atoms with Gasteiger partial charge in [-0.05, 0) is 62.9 Å². The van der Waals surface area contributed by atoms with Crippen molar-refractivity contribution in [3.63, 3.8) is 0 Å². The zero-order chi connectivity index (χ0) is 18.3. The Hall–Kier alpha value is -2.09. The molecule has 0 heterocycles. The van der Waals surface area contributed by atoms with Crippen LogP contribution in [0.3, 0.4) is 0 Å². The molecule has 0 saturated carbocycles. The normalized spacial score (nSPS) is 11.4. The molecule has 0 aliphatic carbocycles. The van der Waals surface area contributed by atoms with Gasteiger partial charge in [0.2, 0.25) is 0 Å². The zero-order valence-corrected chi connectivity index (χ0v) is 16.1. The fourth-order valence-electron chi connectivity index (χ4n) is 3.61. The van der Waals surface area contributed by atoms with E-state index in [0.717, 1.165) is 37.9 Å². The first-order valence-corrected chi connectivity index (χ1v) is 9.53. The highest BCUT2D eigenvalue weighted by atomic mass is 16.1. The van der Waals surface area contributed by atoms with Crippen molar-refractivity contribution < 1.29 is 4.79 Å². The van der Waals surface area contributed by atoms with Gasteiger partial charge in [-0.2, -0.15) is 0 Å². The van der Waals surface area contributed by atoms with Crippen molar-refractivity contribution in [2.75, 3.05) is 18.0 Å². The van der Waals surface area contributed by atoms with Crippen molar-refractivity contribution in [2.24, 2.45) is 5.41 Å². The highest BCUT2D eigenvalue weighted by Gasteiger charge is 2.35. The standard InChI is InChI=1S/C23H31NO/c1-5-23(6-2,18-19-12-10-9-11-13-19)22(25)20-14-16-21(17-15-20)24(7-3)8-4/h9-17H,5-8,18H2,1-4H3. The van der Waals surface area contributed by atoms with Crippen LogP contribution in [0.2, 0.25) is 0 Å². The molecule has 0 aliphatic heterocycles. The first-order valence-electron chi connectivity index (χ1n) is 9.53. The van der Waals surface area contributed by atoms with E-state index in [1.165, 1.54) is 11.3 Å². The summed E-state index contributed by atoms with van der Waals surface area (Å²) in [5.41, 5.74) is 2.93. The first-order chi connectivity index (χ1) is 12.1. The van der Waals surface area contributed by atoms with Gasteiger partial charge in [0.05, 0.1) is 0 Å². The summed E-state index contributed by atoms with van der Waals surface area (Å²) in [7, 11) is 0. The Bertz CT molecular complexity index is 652. The van der Waals surface area contributed by atoms with Crippen LogP contribution in [0.1, 0.15) is 56.5 Å². The van der Waals surface area contributed by atoms with Gasteiger partial charge in [-0.25, -0.2) is 0 Å². The molecule has 0 spiro atoms. The lowest BCUT2D eigenvalue weighted by Crippen LogP contribution is -2.32. The van der Waals surface area contributed by atoms with E-state index >= 15 is 0 Å². The van der Waals surface area contributed by atoms with Crippen LogP contribution in [0.25, 0.3) is 0 Å². The molecule has 2 nitrogen and oxygen atoms in total. The van der Waals surface area contributed by atoms with Crippen LogP contribution in [0.4, 0.5) is 5.69 Å². The van der Waals surface area contributed by atoms with Gasteiger partial charge >= 0.3 is 0 Å². The minimum absolute atomic E-state index is 0.271. The third-order valence-corrected chi connectivity index (χ3v) is 5.48. The Labute approximate surface area is 152 Å². The Balaban J connectivity index is 2.28. The van der Waals surface area contributed by atoms with Crippen molar-refractivity contribution in [3.05, 3.63) is 65.7 Å². The summed E-state index contributed by atoms with van der Waals surface area (Å²) in [6.45, 7) is 10.5. The molecule has 0 bridgehead atoms. The molecular formula is C23H31NO. The molecule has 2 aromatic carbocycles. The van der Waals surface area contributed by atoms with E-state index in [0.29, 0.717) is 0 Å². The molecule has 0 N–H and O–H groups in total. The average Bonchev–Trinajstić information content (AvgIpc) is 2.68. The highest BCUT2D eigenvalue weighted by molar-refractivity contribution is 6.01. The fourth-order valence-corrected chi connectivity index (χ4v) is 3.61. The molecule has 2 rings (SSSR count). The molecule has 25 heavy (non-hydrogen) atoms. The van der Waals surface area contributed by atoms with Crippen LogP contribution in [0.15, 0.2) is 54.6 Å². The van der Waals surface area contributed by atoms with E-state index < -0.39 is 0 Å². The number of nitrogens with zero attached hydrogens (tertiary/aromatic N) is 1. The summed E-state index contributed by atoms with van der Waals surface area (Å²) in [5.74, 6) is 0.271. The number of hydrogen-bond donors (Lipinski definition) is 0. The van der Waals surface area contributed by atoms with Gasteiger partial charge in [0.1, 0.15) is 0 Å². The second kappa shape index (κ2) is 8.84. The maximum absolute atomic E-state index is 13.3. The minimum atomic E-state index is -0.321. The molecule has 134 valence electrons. The molecule has 0 unspecified atom stereocenters. The van der Waals surface area contributed by atoms with Gasteiger partial charge in [-0.3, -0.25) is 4.79 Å². The molecule has 0 fully saturated rings. The van der Waals surface area contributed by atoms with Crippen molar-refractivity contribution in [3.8, 4) is 0 Å². The molecule has 0 aromatic heterocycles. The van der Waals surface area contributed by atoms with Crippen LogP contribution in [0.5, 0.6) is 0 Å². The average molecular weight is 338 g/mol. The molecule has 0 amide bonds. The topological polar surface area (TPSA) is 20.3 Å². The van der Waals surface area contributed by atoms with Gasteiger partial charge < -0.3 is 4.90 Å². The molecule has 0 radical (unpaired) electrons. The van der Waals surface area contributed by atoms with Gasteiger partial charge in [0, 0.05) is 29.8 Å². The van der Waals surface area contributed by atoms with Gasteiger partial charge in [0.15, 0.2) is 5.78 Å². The summed E-state index contributed by atoms with van der Waals surface area (Å²) < 4.78 is 0. The molecular weight excluding hydrogens is 306 g/mol. The van der Waals surface area contributed by atoms with Gasteiger partial charge in [-0.1, -0.05) is 44.2 Å². The second-order valence-corrected chi connectivity index (χ2v) is 6.70. The van der Waals surface area contributed by atoms with E-state index in [9.17, 15) is 4.79 Å². The molecule has 2 heteroatoms. The minimum Gasteiger partial charge on any atom is -0.372 e. The van der Waals surface area contributed by atoms with E-state index in [4.69, 9.17) is 0 Å². The summed E-state index contributed by atoms with van der Waals surface area (Å²) in [6.07, 6.45) is 2.52. The number of hydrogen-bond acceptors (Lipinski definition) is 2. The molecule has 0 saturated heterocycles. The Morgan fingerprint density at radius 3 is 1.88 bits per heavy atom. The van der Waals surface area contributed by atoms with Crippen molar-refractivity contribution in [1.82, 2.24) is 0 Å². The second-order valence-electron chi connectivity index (χ2n) is 6.70. The largest absolute Gasteiger partial charge is 0.372 e.